The van der Waals surface area contributed by atoms with Gasteiger partial charge in [0.1, 0.15) is 5.60 Å². The molecule has 5 heteroatoms. The van der Waals surface area contributed by atoms with Gasteiger partial charge in [-0.1, -0.05) is 60.7 Å². The number of hydrogen-bond acceptors (Lipinski definition) is 4. The molecule has 3 heterocycles. The van der Waals surface area contributed by atoms with Crippen LogP contribution in [0.2, 0.25) is 0 Å². The molecule has 0 aromatic heterocycles. The Morgan fingerprint density at radius 2 is 1.63 bits per heavy atom. The van der Waals surface area contributed by atoms with Crippen LogP contribution < -0.4 is 4.90 Å². The number of nitrogens with zero attached hydrogens (tertiary/aromatic N) is 1. The summed E-state index contributed by atoms with van der Waals surface area (Å²) < 4.78 is 5.97. The van der Waals surface area contributed by atoms with E-state index in [1.54, 1.807) is 12.1 Å². The van der Waals surface area contributed by atoms with Crippen LogP contribution in [0.15, 0.2) is 66.7 Å². The molecule has 0 radical (unpaired) electrons. The Hall–Kier alpha value is -2.76. The quantitative estimate of drug-likeness (QED) is 0.674. The average Bonchev–Trinajstić information content (AvgIpc) is 3.28. The minimum absolute atomic E-state index is 0.268. The number of anilines is 1. The van der Waals surface area contributed by atoms with Crippen LogP contribution in [0, 0.1) is 11.8 Å². The van der Waals surface area contributed by atoms with E-state index in [-0.39, 0.29) is 18.4 Å². The third kappa shape index (κ3) is 2.01. The zero-order valence-corrected chi connectivity index (χ0v) is 14.8. The van der Waals surface area contributed by atoms with E-state index in [9.17, 15) is 14.7 Å². The second-order valence-corrected chi connectivity index (χ2v) is 7.58. The fourth-order valence-corrected chi connectivity index (χ4v) is 4.81. The van der Waals surface area contributed by atoms with E-state index in [0.29, 0.717) is 5.69 Å². The van der Waals surface area contributed by atoms with Gasteiger partial charge in [-0.05, 0) is 18.6 Å². The molecule has 3 aliphatic heterocycles. The van der Waals surface area contributed by atoms with Crippen LogP contribution in [0.25, 0.3) is 11.1 Å². The molecule has 2 amide bonds. The Balaban J connectivity index is 1.64. The second-order valence-electron chi connectivity index (χ2n) is 7.58. The summed E-state index contributed by atoms with van der Waals surface area (Å²) in [5.74, 6) is -1.90. The molecule has 0 spiro atoms. The first kappa shape index (κ1) is 16.4. The fourth-order valence-electron chi connectivity index (χ4n) is 4.81. The molecule has 5 nitrogen and oxygen atoms in total. The van der Waals surface area contributed by atoms with Gasteiger partial charge in [-0.3, -0.25) is 9.59 Å². The zero-order valence-electron chi connectivity index (χ0n) is 14.8. The summed E-state index contributed by atoms with van der Waals surface area (Å²) in [4.78, 5) is 28.0. The number of fused-ring (bicyclic) bond motifs is 5. The lowest BCUT2D eigenvalue weighted by Crippen LogP contribution is -2.43. The number of amides is 2. The van der Waals surface area contributed by atoms with Crippen molar-refractivity contribution in [1.29, 1.82) is 0 Å². The van der Waals surface area contributed by atoms with E-state index < -0.39 is 23.0 Å². The highest BCUT2D eigenvalue weighted by Crippen LogP contribution is 2.57. The van der Waals surface area contributed by atoms with Gasteiger partial charge in [0.05, 0.1) is 29.7 Å². The van der Waals surface area contributed by atoms with E-state index in [1.807, 2.05) is 61.5 Å². The van der Waals surface area contributed by atoms with Gasteiger partial charge < -0.3 is 9.84 Å². The Bertz CT molecular complexity index is 985. The second kappa shape index (κ2) is 5.38. The number of aliphatic hydroxyl groups is 1. The smallest absolute Gasteiger partial charge is 0.241 e. The predicted octanol–water partition coefficient (Wildman–Crippen LogP) is 2.55. The number of rotatable bonds is 3. The molecule has 2 saturated heterocycles. The summed E-state index contributed by atoms with van der Waals surface area (Å²) >= 11 is 0. The fraction of sp³-hybridized carbons (Fsp3) is 0.273. The van der Waals surface area contributed by atoms with Crippen molar-refractivity contribution in [2.24, 2.45) is 11.8 Å². The van der Waals surface area contributed by atoms with Gasteiger partial charge >= 0.3 is 0 Å². The summed E-state index contributed by atoms with van der Waals surface area (Å²) in [5.41, 5.74) is 0.360. The summed E-state index contributed by atoms with van der Waals surface area (Å²) in [6.07, 6.45) is 3.55. The van der Waals surface area contributed by atoms with Crippen LogP contribution in [0.4, 0.5) is 5.69 Å². The number of carbonyl (C=O) groups excluding carboxylic acids is 2. The molecule has 0 unspecified atom stereocenters. The third-order valence-corrected chi connectivity index (χ3v) is 6.03. The van der Waals surface area contributed by atoms with Gasteiger partial charge in [0.2, 0.25) is 11.8 Å². The van der Waals surface area contributed by atoms with E-state index in [4.69, 9.17) is 4.74 Å². The van der Waals surface area contributed by atoms with E-state index in [0.717, 1.165) is 11.1 Å². The largest absolute Gasteiger partial charge is 0.393 e. The van der Waals surface area contributed by atoms with Crippen LogP contribution in [-0.2, 0) is 14.3 Å². The first-order valence-electron chi connectivity index (χ1n) is 9.04. The third-order valence-electron chi connectivity index (χ3n) is 6.03. The van der Waals surface area contributed by atoms with Crippen molar-refractivity contribution in [2.45, 2.75) is 18.1 Å². The molecule has 2 aromatic rings. The summed E-state index contributed by atoms with van der Waals surface area (Å²) in [6, 6.07) is 17.1. The molecule has 1 N–H and O–H groups in total. The first-order valence-corrected chi connectivity index (χ1v) is 9.04. The van der Waals surface area contributed by atoms with Crippen molar-refractivity contribution in [2.75, 3.05) is 11.5 Å². The van der Waals surface area contributed by atoms with Crippen molar-refractivity contribution in [3.63, 3.8) is 0 Å². The van der Waals surface area contributed by atoms with Crippen molar-refractivity contribution in [3.8, 4) is 11.1 Å². The lowest BCUT2D eigenvalue weighted by Gasteiger charge is -2.27. The van der Waals surface area contributed by atoms with Crippen LogP contribution in [0.3, 0.4) is 0 Å². The molecule has 2 fully saturated rings. The van der Waals surface area contributed by atoms with Crippen molar-refractivity contribution < 1.29 is 19.4 Å². The Labute approximate surface area is 156 Å². The number of benzene rings is 2. The molecule has 2 bridgehead atoms. The van der Waals surface area contributed by atoms with Gasteiger partial charge in [0.15, 0.2) is 0 Å². The SMILES string of the molecule is C[C@]12C=C[C@](CO)(O1)[C@@H]1C(=O)N(c3ccccc3-c3ccccc3)C(=O)[C@@H]12. The number of ether oxygens (including phenoxy) is 1. The molecule has 3 aliphatic rings. The van der Waals surface area contributed by atoms with Gasteiger partial charge in [-0.25, -0.2) is 4.90 Å². The Morgan fingerprint density at radius 3 is 2.37 bits per heavy atom. The topological polar surface area (TPSA) is 66.8 Å². The number of hydrogen-bond donors (Lipinski definition) is 1. The van der Waals surface area contributed by atoms with Crippen LogP contribution in [-0.4, -0.2) is 34.7 Å². The average molecular weight is 361 g/mol. The van der Waals surface area contributed by atoms with Crippen molar-refractivity contribution in [3.05, 3.63) is 66.7 Å². The van der Waals surface area contributed by atoms with Crippen molar-refractivity contribution in [1.82, 2.24) is 0 Å². The summed E-state index contributed by atoms with van der Waals surface area (Å²) in [7, 11) is 0. The van der Waals surface area contributed by atoms with Crippen LogP contribution >= 0.6 is 0 Å². The van der Waals surface area contributed by atoms with Gasteiger partial charge in [0, 0.05) is 5.56 Å². The van der Waals surface area contributed by atoms with Gasteiger partial charge in [-0.15, -0.1) is 0 Å². The van der Waals surface area contributed by atoms with E-state index >= 15 is 0 Å². The van der Waals surface area contributed by atoms with Crippen molar-refractivity contribution >= 4 is 17.5 Å². The number of imide groups is 1. The molecule has 0 aliphatic carbocycles. The Morgan fingerprint density at radius 1 is 0.963 bits per heavy atom. The number of carbonyl (C=O) groups is 2. The molecule has 136 valence electrons. The minimum atomic E-state index is -1.11. The molecule has 2 aromatic carbocycles. The van der Waals surface area contributed by atoms with E-state index in [1.165, 1.54) is 4.90 Å². The molecule has 27 heavy (non-hydrogen) atoms. The highest BCUT2D eigenvalue weighted by Gasteiger charge is 2.72. The number of para-hydroxylation sites is 1. The standard InChI is InChI=1S/C22H19NO4/c1-21-11-12-22(13-24,27-21)18-17(21)19(25)23(20(18)26)16-10-6-5-9-15(16)14-7-3-2-4-8-14/h2-12,17-18,24H,13H2,1H3/t17-,18+,21-,22-/m1/s1. The maximum atomic E-state index is 13.4. The molecule has 4 atom stereocenters. The summed E-state index contributed by atoms with van der Waals surface area (Å²) in [6.45, 7) is 1.48. The van der Waals surface area contributed by atoms with Gasteiger partial charge in [0.25, 0.3) is 0 Å². The van der Waals surface area contributed by atoms with Crippen LogP contribution in [0.1, 0.15) is 6.92 Å². The molecule has 5 rings (SSSR count). The first-order chi connectivity index (χ1) is 13.0. The normalized spacial score (nSPS) is 33.8. The zero-order chi connectivity index (χ0) is 18.8. The predicted molar refractivity (Wildman–Crippen MR) is 99.8 cm³/mol. The van der Waals surface area contributed by atoms with Gasteiger partial charge in [-0.2, -0.15) is 0 Å². The minimum Gasteiger partial charge on any atom is -0.393 e. The molecular formula is C22H19NO4. The highest BCUT2D eigenvalue weighted by molar-refractivity contribution is 6.24. The molecular weight excluding hydrogens is 342 g/mol. The lowest BCUT2D eigenvalue weighted by molar-refractivity contribution is -0.131. The summed E-state index contributed by atoms with van der Waals surface area (Å²) in [5, 5.41) is 9.94. The number of aliphatic hydroxyl groups excluding tert-OH is 1. The monoisotopic (exact) mass is 361 g/mol. The maximum Gasteiger partial charge on any atom is 0.241 e. The van der Waals surface area contributed by atoms with Crippen LogP contribution in [0.5, 0.6) is 0 Å². The lowest BCUT2D eigenvalue weighted by atomic mass is 9.73. The highest BCUT2D eigenvalue weighted by atomic mass is 16.5. The Kier molecular flexibility index (Phi) is 3.27. The van der Waals surface area contributed by atoms with E-state index in [2.05, 4.69) is 0 Å². The molecule has 0 saturated carbocycles. The maximum absolute atomic E-state index is 13.4.